The van der Waals surface area contributed by atoms with Crippen molar-refractivity contribution in [3.63, 3.8) is 0 Å². The number of hydrogen-bond acceptors (Lipinski definition) is 6. The number of amides is 3. The van der Waals surface area contributed by atoms with Gasteiger partial charge in [0.2, 0.25) is 11.8 Å². The Hall–Kier alpha value is -4.77. The van der Waals surface area contributed by atoms with Crippen LogP contribution in [0.15, 0.2) is 97.1 Å². The highest BCUT2D eigenvalue weighted by Gasteiger charge is 2.67. The van der Waals surface area contributed by atoms with E-state index in [0.29, 0.717) is 25.9 Å². The van der Waals surface area contributed by atoms with Crippen LogP contribution in [0.5, 0.6) is 5.75 Å². The summed E-state index contributed by atoms with van der Waals surface area (Å²) >= 11 is 0. The summed E-state index contributed by atoms with van der Waals surface area (Å²) in [6, 6.07) is 31.4. The normalized spacial score (nSPS) is 25.3. The summed E-state index contributed by atoms with van der Waals surface area (Å²) in [4.78, 5) is 48.3. The van der Waals surface area contributed by atoms with Crippen molar-refractivity contribution in [3.8, 4) is 5.75 Å². The standard InChI is InChI=1S/C43H47N3O6Si/c1-28-41(53(3,4)35-19-17-34(51-2)18-20-35)38(25-40(49)45-26-30-12-9-8-11-29(30)23-33(45)27-47)52-43(28)36-24-32(44-22-10-15-39(44)48)16-21-37(36)46(42(43)50)31-13-6-5-7-14-31/h5-9,11-14,16-21,24,28,33,38,41,47H,10,15,22-23,25-27H2,1-4H3/t28-,33+,38+,41-,43+/m1/s1. The van der Waals surface area contributed by atoms with Gasteiger partial charge in [0, 0.05) is 42.4 Å². The fourth-order valence-electron chi connectivity index (χ4n) is 9.68. The lowest BCUT2D eigenvalue weighted by molar-refractivity contribution is -0.150. The fourth-order valence-corrected chi connectivity index (χ4v) is 13.7. The van der Waals surface area contributed by atoms with Gasteiger partial charge in [0.1, 0.15) is 5.75 Å². The third-order valence-corrected chi connectivity index (χ3v) is 16.7. The van der Waals surface area contributed by atoms with Crippen LogP contribution in [-0.4, -0.2) is 68.2 Å². The predicted molar refractivity (Wildman–Crippen MR) is 207 cm³/mol. The van der Waals surface area contributed by atoms with Gasteiger partial charge in [-0.2, -0.15) is 0 Å². The molecule has 53 heavy (non-hydrogen) atoms. The SMILES string of the molecule is COc1ccc([Si](C)(C)[C@H]2[C@H](CC(=O)N3Cc4ccccc4C[C@H]3CO)O[C@@]3(C(=O)N(c4ccccc4)c4ccc(N5CCCC5=O)cc43)[C@@H]2C)cc1. The zero-order chi connectivity index (χ0) is 37.1. The second kappa shape index (κ2) is 13.6. The molecule has 4 aliphatic rings. The minimum absolute atomic E-state index is 0.0690. The largest absolute Gasteiger partial charge is 0.497 e. The lowest BCUT2D eigenvalue weighted by atomic mass is 9.82. The van der Waals surface area contributed by atoms with Crippen LogP contribution in [0.3, 0.4) is 0 Å². The van der Waals surface area contributed by atoms with Crippen molar-refractivity contribution in [1.29, 1.82) is 0 Å². The molecule has 5 atom stereocenters. The summed E-state index contributed by atoms with van der Waals surface area (Å²) in [6.45, 7) is 7.62. The number of benzene rings is 4. The van der Waals surface area contributed by atoms with Gasteiger partial charge >= 0.3 is 0 Å². The number of fused-ring (bicyclic) bond motifs is 3. The molecule has 4 aliphatic heterocycles. The van der Waals surface area contributed by atoms with Gasteiger partial charge in [0.05, 0.1) is 46.0 Å². The van der Waals surface area contributed by atoms with Crippen molar-refractivity contribution in [2.75, 3.05) is 30.1 Å². The molecule has 0 saturated carbocycles. The van der Waals surface area contributed by atoms with E-state index < -0.39 is 19.8 Å². The Morgan fingerprint density at radius 1 is 0.943 bits per heavy atom. The number of rotatable bonds is 8. The molecule has 1 N–H and O–H groups in total. The maximum atomic E-state index is 15.3. The number of carbonyl (C=O) groups excluding carboxylic acids is 3. The number of aliphatic hydroxyl groups is 1. The molecule has 274 valence electrons. The molecule has 4 aromatic rings. The second-order valence-electron chi connectivity index (χ2n) is 15.5. The van der Waals surface area contributed by atoms with Crippen LogP contribution in [0, 0.1) is 5.92 Å². The van der Waals surface area contributed by atoms with E-state index in [4.69, 9.17) is 9.47 Å². The topological polar surface area (TPSA) is 99.6 Å². The van der Waals surface area contributed by atoms with Gasteiger partial charge < -0.3 is 24.4 Å². The van der Waals surface area contributed by atoms with Crippen LogP contribution in [0.4, 0.5) is 17.1 Å². The molecule has 2 fully saturated rings. The van der Waals surface area contributed by atoms with E-state index in [0.717, 1.165) is 45.9 Å². The summed E-state index contributed by atoms with van der Waals surface area (Å²) in [5, 5.41) is 11.7. The van der Waals surface area contributed by atoms with Crippen LogP contribution >= 0.6 is 0 Å². The summed E-state index contributed by atoms with van der Waals surface area (Å²) in [7, 11) is -0.886. The highest BCUT2D eigenvalue weighted by molar-refractivity contribution is 6.91. The molecule has 3 amide bonds. The average Bonchev–Trinajstić information content (AvgIpc) is 3.82. The smallest absolute Gasteiger partial charge is 0.268 e. The molecule has 1 spiro atoms. The number of ether oxygens (including phenoxy) is 2. The maximum absolute atomic E-state index is 15.3. The average molecular weight is 730 g/mol. The molecule has 2 saturated heterocycles. The Balaban J connectivity index is 1.25. The lowest BCUT2D eigenvalue weighted by Gasteiger charge is -2.39. The Kier molecular flexibility index (Phi) is 9.03. The van der Waals surface area contributed by atoms with Crippen molar-refractivity contribution in [1.82, 2.24) is 4.90 Å². The number of nitrogens with zero attached hydrogens (tertiary/aromatic N) is 3. The van der Waals surface area contributed by atoms with Crippen molar-refractivity contribution in [2.45, 2.75) is 75.5 Å². The Bertz CT molecular complexity index is 2050. The van der Waals surface area contributed by atoms with Gasteiger partial charge in [-0.25, -0.2) is 0 Å². The van der Waals surface area contributed by atoms with Crippen molar-refractivity contribution < 1.29 is 29.0 Å². The summed E-state index contributed by atoms with van der Waals surface area (Å²) in [5.74, 6) is 0.221. The summed E-state index contributed by atoms with van der Waals surface area (Å²) in [6.07, 6.45) is 1.33. The molecule has 0 aliphatic carbocycles. The predicted octanol–water partition coefficient (Wildman–Crippen LogP) is 6.05. The van der Waals surface area contributed by atoms with E-state index in [-0.39, 0.29) is 48.3 Å². The third-order valence-electron chi connectivity index (χ3n) is 12.4. The van der Waals surface area contributed by atoms with Crippen LogP contribution < -0.4 is 19.7 Å². The quantitative estimate of drug-likeness (QED) is 0.222. The van der Waals surface area contributed by atoms with Crippen molar-refractivity contribution in [3.05, 3.63) is 114 Å². The molecule has 4 aromatic carbocycles. The van der Waals surface area contributed by atoms with Crippen LogP contribution in [-0.2, 0) is 37.7 Å². The zero-order valence-corrected chi connectivity index (χ0v) is 31.8. The molecule has 0 unspecified atom stereocenters. The van der Waals surface area contributed by atoms with Crippen LogP contribution in [0.25, 0.3) is 0 Å². The first-order chi connectivity index (χ1) is 25.6. The number of aliphatic hydroxyl groups excluding tert-OH is 1. The molecule has 0 radical (unpaired) electrons. The second-order valence-corrected chi connectivity index (χ2v) is 20.2. The number of anilines is 3. The van der Waals surface area contributed by atoms with E-state index in [1.54, 1.807) is 21.8 Å². The molecular formula is C43H47N3O6Si. The summed E-state index contributed by atoms with van der Waals surface area (Å²) in [5.41, 5.74) is 3.61. The highest BCUT2D eigenvalue weighted by atomic mass is 28.3. The number of carbonyl (C=O) groups is 3. The first-order valence-electron chi connectivity index (χ1n) is 18.7. The monoisotopic (exact) mass is 729 g/mol. The maximum Gasteiger partial charge on any atom is 0.268 e. The van der Waals surface area contributed by atoms with Crippen molar-refractivity contribution in [2.24, 2.45) is 5.92 Å². The van der Waals surface area contributed by atoms with Crippen LogP contribution in [0.1, 0.15) is 42.9 Å². The molecule has 0 bridgehead atoms. The van der Waals surface area contributed by atoms with Gasteiger partial charge in [-0.1, -0.05) is 79.8 Å². The number of hydrogen-bond donors (Lipinski definition) is 1. The van der Waals surface area contributed by atoms with E-state index in [2.05, 4.69) is 38.2 Å². The van der Waals surface area contributed by atoms with E-state index in [1.807, 2.05) is 78.9 Å². The van der Waals surface area contributed by atoms with E-state index in [1.165, 1.54) is 5.19 Å². The third kappa shape index (κ3) is 5.70. The molecule has 10 heteroatoms. The fraction of sp³-hybridized carbons (Fsp3) is 0.372. The minimum atomic E-state index is -2.54. The first kappa shape index (κ1) is 35.3. The molecule has 9 nitrogen and oxygen atoms in total. The van der Waals surface area contributed by atoms with Gasteiger partial charge in [0.15, 0.2) is 5.60 Å². The number of methoxy groups -OCH3 is 1. The molecular weight excluding hydrogens is 683 g/mol. The zero-order valence-electron chi connectivity index (χ0n) is 30.8. The lowest BCUT2D eigenvalue weighted by Crippen LogP contribution is -2.52. The van der Waals surface area contributed by atoms with Gasteiger partial charge in [-0.15, -0.1) is 0 Å². The Morgan fingerprint density at radius 2 is 1.66 bits per heavy atom. The Labute approximate surface area is 312 Å². The Morgan fingerprint density at radius 3 is 2.34 bits per heavy atom. The van der Waals surface area contributed by atoms with E-state index >= 15 is 4.79 Å². The molecule has 8 rings (SSSR count). The van der Waals surface area contributed by atoms with Crippen molar-refractivity contribution >= 4 is 48.0 Å². The summed E-state index contributed by atoms with van der Waals surface area (Å²) < 4.78 is 12.8. The van der Waals surface area contributed by atoms with Gasteiger partial charge in [-0.3, -0.25) is 19.3 Å². The molecule has 0 aromatic heterocycles. The first-order valence-corrected chi connectivity index (χ1v) is 21.8. The van der Waals surface area contributed by atoms with E-state index in [9.17, 15) is 14.7 Å². The molecule has 4 heterocycles. The highest BCUT2D eigenvalue weighted by Crippen LogP contribution is 2.61. The number of para-hydroxylation sites is 1. The minimum Gasteiger partial charge on any atom is -0.497 e. The van der Waals surface area contributed by atoms with Crippen LogP contribution in [0.2, 0.25) is 18.6 Å². The van der Waals surface area contributed by atoms with Gasteiger partial charge in [0.25, 0.3) is 5.91 Å². The van der Waals surface area contributed by atoms with Gasteiger partial charge in [-0.05, 0) is 72.0 Å².